The Kier molecular flexibility index (Phi) is 3.80. The zero-order valence-corrected chi connectivity index (χ0v) is 13.1. The molecule has 96 valence electrons. The first-order chi connectivity index (χ1) is 8.37. The van der Waals surface area contributed by atoms with Crippen LogP contribution in [0.15, 0.2) is 30.3 Å². The minimum absolute atomic E-state index is 0.0500. The lowest BCUT2D eigenvalue weighted by atomic mass is 9.88. The van der Waals surface area contributed by atoms with E-state index >= 15 is 0 Å². The van der Waals surface area contributed by atoms with E-state index in [9.17, 15) is 4.79 Å². The maximum atomic E-state index is 12.2. The molecular formula is C15H18INO. The molecule has 0 heterocycles. The molecule has 0 bridgehead atoms. The predicted octanol–water partition coefficient (Wildman–Crippen LogP) is 3.55. The molecule has 0 spiro atoms. The van der Waals surface area contributed by atoms with E-state index in [-0.39, 0.29) is 17.4 Å². The number of halogens is 1. The smallest absolute Gasteiger partial charge is 0.227 e. The molecule has 1 aromatic carbocycles. The van der Waals surface area contributed by atoms with Crippen LogP contribution in [0, 0.1) is 5.92 Å². The Hall–Kier alpha value is -0.840. The van der Waals surface area contributed by atoms with E-state index in [1.807, 2.05) is 32.9 Å². The molecule has 1 N–H and O–H groups in total. The first-order valence-corrected chi connectivity index (χ1v) is 7.22. The van der Waals surface area contributed by atoms with Crippen LogP contribution in [-0.2, 0) is 11.2 Å². The minimum atomic E-state index is -0.173. The van der Waals surface area contributed by atoms with E-state index in [4.69, 9.17) is 0 Å². The third-order valence-corrected chi connectivity index (χ3v) is 3.84. The van der Waals surface area contributed by atoms with Crippen molar-refractivity contribution in [2.45, 2.75) is 32.7 Å². The molecule has 1 aromatic rings. The molecule has 0 fully saturated rings. The summed E-state index contributed by atoms with van der Waals surface area (Å²) in [6.45, 7) is 6.03. The van der Waals surface area contributed by atoms with Gasteiger partial charge in [0, 0.05) is 9.12 Å². The SMILES string of the molecule is CC(C)(C)NC(=O)C1C=C(I)c2ccccc2C1. The van der Waals surface area contributed by atoms with Gasteiger partial charge in [-0.25, -0.2) is 0 Å². The van der Waals surface area contributed by atoms with E-state index < -0.39 is 0 Å². The van der Waals surface area contributed by atoms with Crippen LogP contribution in [0.4, 0.5) is 0 Å². The van der Waals surface area contributed by atoms with Crippen molar-refractivity contribution < 1.29 is 4.79 Å². The summed E-state index contributed by atoms with van der Waals surface area (Å²) in [7, 11) is 0. The highest BCUT2D eigenvalue weighted by Gasteiger charge is 2.25. The molecule has 1 aliphatic rings. The van der Waals surface area contributed by atoms with Crippen molar-refractivity contribution in [1.82, 2.24) is 5.32 Å². The Morgan fingerprint density at radius 3 is 2.67 bits per heavy atom. The average Bonchev–Trinajstić information content (AvgIpc) is 2.26. The summed E-state index contributed by atoms with van der Waals surface area (Å²) in [5.41, 5.74) is 2.35. The van der Waals surface area contributed by atoms with Crippen LogP contribution in [0.5, 0.6) is 0 Å². The lowest BCUT2D eigenvalue weighted by Crippen LogP contribution is -2.44. The molecule has 3 heteroatoms. The number of carbonyl (C=O) groups is 1. The molecule has 18 heavy (non-hydrogen) atoms. The summed E-state index contributed by atoms with van der Waals surface area (Å²) in [6.07, 6.45) is 2.87. The number of hydrogen-bond acceptors (Lipinski definition) is 1. The summed E-state index contributed by atoms with van der Waals surface area (Å²) in [5, 5.41) is 3.05. The van der Waals surface area contributed by atoms with Crippen molar-refractivity contribution in [3.05, 3.63) is 41.5 Å². The number of rotatable bonds is 1. The van der Waals surface area contributed by atoms with Gasteiger partial charge in [0.25, 0.3) is 0 Å². The van der Waals surface area contributed by atoms with Crippen LogP contribution in [0.2, 0.25) is 0 Å². The molecule has 1 amide bonds. The molecule has 0 aromatic heterocycles. The van der Waals surface area contributed by atoms with Gasteiger partial charge in [-0.2, -0.15) is 0 Å². The average molecular weight is 355 g/mol. The molecule has 0 aliphatic heterocycles. The van der Waals surface area contributed by atoms with Gasteiger partial charge in [0.1, 0.15) is 0 Å². The number of nitrogens with one attached hydrogen (secondary N) is 1. The molecule has 1 atom stereocenters. The zero-order chi connectivity index (χ0) is 13.3. The summed E-state index contributed by atoms with van der Waals surface area (Å²) in [5.74, 6) is 0.0668. The van der Waals surface area contributed by atoms with Gasteiger partial charge < -0.3 is 5.32 Å². The fourth-order valence-electron chi connectivity index (χ4n) is 2.12. The number of benzene rings is 1. The second-order valence-electron chi connectivity index (χ2n) is 5.72. The van der Waals surface area contributed by atoms with Gasteiger partial charge in [-0.15, -0.1) is 0 Å². The van der Waals surface area contributed by atoms with Crippen LogP contribution in [0.25, 0.3) is 3.58 Å². The van der Waals surface area contributed by atoms with Crippen LogP contribution < -0.4 is 5.32 Å². The largest absolute Gasteiger partial charge is 0.351 e. The van der Waals surface area contributed by atoms with Crippen LogP contribution >= 0.6 is 22.6 Å². The van der Waals surface area contributed by atoms with Gasteiger partial charge in [-0.3, -0.25) is 4.79 Å². The van der Waals surface area contributed by atoms with Gasteiger partial charge >= 0.3 is 0 Å². The molecule has 1 unspecified atom stereocenters. The lowest BCUT2D eigenvalue weighted by Gasteiger charge is -2.26. The van der Waals surface area contributed by atoms with Crippen LogP contribution in [-0.4, -0.2) is 11.4 Å². The Bertz CT molecular complexity index is 499. The summed E-state index contributed by atoms with van der Waals surface area (Å²) in [4.78, 5) is 12.2. The summed E-state index contributed by atoms with van der Waals surface area (Å²) < 4.78 is 1.17. The maximum absolute atomic E-state index is 12.2. The van der Waals surface area contributed by atoms with Gasteiger partial charge in [-0.05, 0) is 60.9 Å². The molecule has 1 aliphatic carbocycles. The van der Waals surface area contributed by atoms with Crippen molar-refractivity contribution in [3.8, 4) is 0 Å². The first kappa shape index (κ1) is 13.6. The number of fused-ring (bicyclic) bond motifs is 1. The van der Waals surface area contributed by atoms with Gasteiger partial charge in [0.15, 0.2) is 0 Å². The highest BCUT2D eigenvalue weighted by atomic mass is 127. The number of amides is 1. The Balaban J connectivity index is 2.21. The van der Waals surface area contributed by atoms with Crippen molar-refractivity contribution in [3.63, 3.8) is 0 Å². The summed E-state index contributed by atoms with van der Waals surface area (Å²) >= 11 is 2.32. The Labute approximate surface area is 122 Å². The van der Waals surface area contributed by atoms with Crippen molar-refractivity contribution >= 4 is 32.1 Å². The highest BCUT2D eigenvalue weighted by Crippen LogP contribution is 2.33. The normalized spacial score (nSPS) is 18.9. The number of hydrogen-bond donors (Lipinski definition) is 1. The Morgan fingerprint density at radius 1 is 1.33 bits per heavy atom. The van der Waals surface area contributed by atoms with Crippen LogP contribution in [0.1, 0.15) is 31.9 Å². The van der Waals surface area contributed by atoms with Gasteiger partial charge in [0.2, 0.25) is 5.91 Å². The standard InChI is InChI=1S/C15H18INO/c1-15(2,3)17-14(18)11-8-10-6-4-5-7-12(10)13(16)9-11/h4-7,9,11H,8H2,1-3H3,(H,17,18). The lowest BCUT2D eigenvalue weighted by molar-refractivity contribution is -0.125. The summed E-state index contributed by atoms with van der Waals surface area (Å²) in [6, 6.07) is 8.30. The third-order valence-electron chi connectivity index (χ3n) is 2.90. The highest BCUT2D eigenvalue weighted by molar-refractivity contribution is 14.1. The fourth-order valence-corrected chi connectivity index (χ4v) is 3.08. The van der Waals surface area contributed by atoms with E-state index in [2.05, 4.69) is 46.1 Å². The minimum Gasteiger partial charge on any atom is -0.351 e. The predicted molar refractivity (Wildman–Crippen MR) is 83.5 cm³/mol. The molecule has 2 rings (SSSR count). The van der Waals surface area contributed by atoms with E-state index in [0.29, 0.717) is 0 Å². The fraction of sp³-hybridized carbons (Fsp3) is 0.400. The van der Waals surface area contributed by atoms with Gasteiger partial charge in [-0.1, -0.05) is 30.3 Å². The zero-order valence-electron chi connectivity index (χ0n) is 11.0. The second-order valence-corrected chi connectivity index (χ2v) is 6.88. The molecule has 0 saturated carbocycles. The van der Waals surface area contributed by atoms with Crippen molar-refractivity contribution in [2.75, 3.05) is 0 Å². The monoisotopic (exact) mass is 355 g/mol. The van der Waals surface area contributed by atoms with Gasteiger partial charge in [0.05, 0.1) is 5.92 Å². The first-order valence-electron chi connectivity index (χ1n) is 6.14. The maximum Gasteiger partial charge on any atom is 0.227 e. The third kappa shape index (κ3) is 3.13. The number of carbonyl (C=O) groups excluding carboxylic acids is 1. The quantitative estimate of drug-likeness (QED) is 0.767. The topological polar surface area (TPSA) is 29.1 Å². The molecule has 0 saturated heterocycles. The molecule has 2 nitrogen and oxygen atoms in total. The van der Waals surface area contributed by atoms with Crippen molar-refractivity contribution in [1.29, 1.82) is 0 Å². The second kappa shape index (κ2) is 5.03. The van der Waals surface area contributed by atoms with E-state index in [1.54, 1.807) is 0 Å². The van der Waals surface area contributed by atoms with Crippen molar-refractivity contribution in [2.24, 2.45) is 5.92 Å². The van der Waals surface area contributed by atoms with Crippen LogP contribution in [0.3, 0.4) is 0 Å². The molecule has 0 radical (unpaired) electrons. The van der Waals surface area contributed by atoms with E-state index in [0.717, 1.165) is 6.42 Å². The van der Waals surface area contributed by atoms with E-state index in [1.165, 1.54) is 14.7 Å². The Morgan fingerprint density at radius 2 is 2.00 bits per heavy atom. The molecular weight excluding hydrogens is 337 g/mol.